The zero-order valence-corrected chi connectivity index (χ0v) is 48.3. The lowest BCUT2D eigenvalue weighted by atomic mass is 9.89. The van der Waals surface area contributed by atoms with E-state index in [4.69, 9.17) is 9.47 Å². The van der Waals surface area contributed by atoms with E-state index in [1.54, 1.807) is 41.2 Å². The number of benzene rings is 4. The Kier molecular flexibility index (Phi) is 19.8. The third-order valence-electron chi connectivity index (χ3n) is 17.8. The number of nitrogens with one attached hydrogen (secondary N) is 2. The molecule has 4 aromatic carbocycles. The minimum atomic E-state index is -0.609. The van der Waals surface area contributed by atoms with Gasteiger partial charge in [0.05, 0.1) is 43.4 Å². The number of aromatic nitrogens is 2. The number of piperidine rings is 2. The van der Waals surface area contributed by atoms with E-state index in [1.165, 1.54) is 6.07 Å². The number of aromatic amines is 1. The maximum Gasteiger partial charge on any atom is 0.272 e. The lowest BCUT2D eigenvalue weighted by Gasteiger charge is -2.40. The van der Waals surface area contributed by atoms with Crippen molar-refractivity contribution in [3.8, 4) is 11.5 Å². The first-order valence-electron chi connectivity index (χ1n) is 30.1. The number of carbonyl (C=O) groups is 5. The van der Waals surface area contributed by atoms with Gasteiger partial charge in [-0.1, -0.05) is 61.7 Å². The predicted octanol–water partition coefficient (Wildman–Crippen LogP) is 6.17. The molecule has 5 aliphatic rings. The molecule has 83 heavy (non-hydrogen) atoms. The van der Waals surface area contributed by atoms with Crippen molar-refractivity contribution in [1.29, 1.82) is 0 Å². The van der Waals surface area contributed by atoms with Crippen molar-refractivity contribution in [2.45, 2.75) is 89.6 Å². The fourth-order valence-corrected chi connectivity index (χ4v) is 12.9. The molecule has 0 radical (unpaired) electrons. The van der Waals surface area contributed by atoms with Gasteiger partial charge in [0.2, 0.25) is 17.7 Å². The second-order valence-corrected chi connectivity index (χ2v) is 23.1. The Bertz CT molecular complexity index is 3140. The van der Waals surface area contributed by atoms with Crippen molar-refractivity contribution in [2.24, 2.45) is 5.92 Å². The molecule has 1 atom stereocenters. The van der Waals surface area contributed by atoms with Crippen molar-refractivity contribution in [1.82, 2.24) is 49.8 Å². The van der Waals surface area contributed by atoms with Crippen LogP contribution in [-0.4, -0.2) is 199 Å². The number of hydrogen-bond acceptors (Lipinski definition) is 12. The van der Waals surface area contributed by atoms with Crippen LogP contribution >= 0.6 is 0 Å². The molecule has 0 bridgehead atoms. The number of carbonyl (C=O) groups excluding carboxylic acids is 5. The fourth-order valence-electron chi connectivity index (χ4n) is 12.9. The molecule has 4 saturated heterocycles. The number of hydrogen-bond donors (Lipinski definition) is 2. The molecular formula is C64H81FN10O8. The van der Waals surface area contributed by atoms with Crippen LogP contribution in [0.3, 0.4) is 0 Å². The third kappa shape index (κ3) is 14.8. The number of amides is 5. The predicted molar refractivity (Wildman–Crippen MR) is 315 cm³/mol. The van der Waals surface area contributed by atoms with Gasteiger partial charge in [0.25, 0.3) is 17.4 Å². The molecule has 1 saturated carbocycles. The number of ether oxygens (including phenoxy) is 2. The Morgan fingerprint density at radius 1 is 0.711 bits per heavy atom. The average molecular weight is 1140 g/mol. The Hall–Kier alpha value is -7.22. The van der Waals surface area contributed by atoms with Gasteiger partial charge < -0.3 is 39.3 Å². The molecule has 1 aromatic heterocycles. The van der Waals surface area contributed by atoms with Crippen LogP contribution in [0, 0.1) is 11.7 Å². The average Bonchev–Trinajstić information content (AvgIpc) is 3.69. The quantitative estimate of drug-likeness (QED) is 0.0961. The summed E-state index contributed by atoms with van der Waals surface area (Å²) < 4.78 is 26.4. The third-order valence-corrected chi connectivity index (χ3v) is 17.8. The largest absolute Gasteiger partial charge is 0.497 e. The van der Waals surface area contributed by atoms with Crippen molar-refractivity contribution in [3.63, 3.8) is 0 Å². The second kappa shape index (κ2) is 27.9. The molecule has 1 aliphatic carbocycles. The number of piperazine rings is 2. The summed E-state index contributed by atoms with van der Waals surface area (Å²) in [6.07, 6.45) is 9.03. The molecule has 18 nitrogen and oxygen atoms in total. The van der Waals surface area contributed by atoms with Gasteiger partial charge in [0.1, 0.15) is 23.9 Å². The standard InChI is InChI=1S/C64H81FN10O8/c1-3-83-58-38-52(82-2)20-19-49(58)39-66-40-59(76)74-24-10-13-50(42-74)47-11-9-12-48(37-47)63(80)75(51-14-5-4-6-15-51)44-61(78)71-29-27-70(28-30-71)41-45-22-25-69(26-23-45)43-60(77)72-31-33-73(34-32-72)64(81)55-35-46(18-21-56(55)65)36-57-53-16-7-8-17-54(53)62(79)68-67-57/h7-9,11-12,16-21,35,37-38,45,50-51,66H,3-6,10,13-15,22-34,36,39-44H2,1-2H3,(H,68,79). The summed E-state index contributed by atoms with van der Waals surface area (Å²) >= 11 is 0. The lowest BCUT2D eigenvalue weighted by molar-refractivity contribution is -0.135. The van der Waals surface area contributed by atoms with Crippen LogP contribution in [0.25, 0.3) is 10.8 Å². The summed E-state index contributed by atoms with van der Waals surface area (Å²) in [6.45, 7) is 11.5. The number of methoxy groups -OCH3 is 1. The molecule has 0 spiro atoms. The first-order valence-corrected chi connectivity index (χ1v) is 30.1. The lowest BCUT2D eigenvalue weighted by Crippen LogP contribution is -2.54. The van der Waals surface area contributed by atoms with Gasteiger partial charge in [-0.15, -0.1) is 0 Å². The van der Waals surface area contributed by atoms with E-state index in [9.17, 15) is 28.8 Å². The van der Waals surface area contributed by atoms with Crippen LogP contribution in [0.2, 0.25) is 0 Å². The zero-order chi connectivity index (χ0) is 57.8. The first kappa shape index (κ1) is 59.0. The van der Waals surface area contributed by atoms with Crippen LogP contribution in [0.1, 0.15) is 114 Å². The molecule has 2 N–H and O–H groups in total. The van der Waals surface area contributed by atoms with E-state index in [2.05, 4.69) is 31.4 Å². The molecule has 4 aliphatic heterocycles. The summed E-state index contributed by atoms with van der Waals surface area (Å²) in [7, 11) is 1.62. The SMILES string of the molecule is CCOc1cc(OC)ccc1CNCC(=O)N1CCCC(c2cccc(C(=O)N(CC(=O)N3CCN(CC4CCN(CC(=O)N5CCN(C(=O)c6cc(Cc7n[nH]c(=O)c8ccccc78)ccc6F)CC5)CC4)CC3)C3CCCCC3)c2)C1. The number of rotatable bonds is 19. The molecule has 19 heteroatoms. The molecule has 5 amide bonds. The van der Waals surface area contributed by atoms with Crippen molar-refractivity contribution in [2.75, 3.05) is 118 Å². The van der Waals surface area contributed by atoms with Crippen molar-refractivity contribution >= 4 is 40.3 Å². The van der Waals surface area contributed by atoms with E-state index in [0.717, 1.165) is 113 Å². The number of H-pyrrole nitrogens is 1. The van der Waals surface area contributed by atoms with E-state index < -0.39 is 11.7 Å². The minimum Gasteiger partial charge on any atom is -0.497 e. The Morgan fingerprint density at radius 3 is 2.20 bits per heavy atom. The van der Waals surface area contributed by atoms with E-state index in [0.29, 0.717) is 112 Å². The second-order valence-electron chi connectivity index (χ2n) is 23.1. The number of likely N-dealkylation sites (tertiary alicyclic amines) is 2. The highest BCUT2D eigenvalue weighted by atomic mass is 19.1. The Morgan fingerprint density at radius 2 is 1.45 bits per heavy atom. The van der Waals surface area contributed by atoms with Crippen LogP contribution in [0.5, 0.6) is 11.5 Å². The summed E-state index contributed by atoms with van der Waals surface area (Å²) in [6, 6.07) is 25.3. The molecule has 5 aromatic rings. The summed E-state index contributed by atoms with van der Waals surface area (Å²) in [5, 5.41) is 11.3. The van der Waals surface area contributed by atoms with Gasteiger partial charge in [0, 0.05) is 119 Å². The topological polar surface area (TPSA) is 184 Å². The van der Waals surface area contributed by atoms with E-state index in [-0.39, 0.29) is 59.8 Å². The first-order chi connectivity index (χ1) is 40.4. The van der Waals surface area contributed by atoms with Crippen LogP contribution in [0.4, 0.5) is 4.39 Å². The molecule has 442 valence electrons. The van der Waals surface area contributed by atoms with Crippen molar-refractivity contribution in [3.05, 3.63) is 135 Å². The van der Waals surface area contributed by atoms with Gasteiger partial charge in [0.15, 0.2) is 0 Å². The highest BCUT2D eigenvalue weighted by Gasteiger charge is 2.34. The summed E-state index contributed by atoms with van der Waals surface area (Å²) in [4.78, 5) is 95.6. The van der Waals surface area contributed by atoms with Gasteiger partial charge in [-0.3, -0.25) is 38.6 Å². The van der Waals surface area contributed by atoms with Gasteiger partial charge >= 0.3 is 0 Å². The van der Waals surface area contributed by atoms with Gasteiger partial charge in [-0.2, -0.15) is 5.10 Å². The smallest absolute Gasteiger partial charge is 0.272 e. The molecular weight excluding hydrogens is 1060 g/mol. The number of halogens is 1. The Labute approximate surface area is 486 Å². The highest BCUT2D eigenvalue weighted by molar-refractivity contribution is 5.97. The highest BCUT2D eigenvalue weighted by Crippen LogP contribution is 2.31. The minimum absolute atomic E-state index is 0.00634. The molecule has 10 rings (SSSR count). The Balaban J connectivity index is 0.649. The molecule has 5 fully saturated rings. The fraction of sp³-hybridized carbons (Fsp3) is 0.516. The number of fused-ring (bicyclic) bond motifs is 1. The van der Waals surface area contributed by atoms with Crippen molar-refractivity contribution < 1.29 is 37.8 Å². The summed E-state index contributed by atoms with van der Waals surface area (Å²) in [5.41, 5.74) is 3.60. The van der Waals surface area contributed by atoms with E-state index in [1.807, 2.05) is 70.2 Å². The molecule has 1 unspecified atom stereocenters. The normalized spacial score (nSPS) is 18.8. The maximum absolute atomic E-state index is 15.2. The monoisotopic (exact) mass is 1140 g/mol. The zero-order valence-electron chi connectivity index (χ0n) is 48.3. The van der Waals surface area contributed by atoms with Gasteiger partial charge in [-0.25, -0.2) is 9.49 Å². The number of nitrogens with zero attached hydrogens (tertiary/aromatic N) is 8. The molecule has 5 heterocycles. The van der Waals surface area contributed by atoms with Gasteiger partial charge in [-0.05, 0) is 112 Å². The van der Waals surface area contributed by atoms with Crippen LogP contribution in [-0.2, 0) is 27.3 Å². The van der Waals surface area contributed by atoms with Crippen LogP contribution < -0.4 is 20.3 Å². The summed E-state index contributed by atoms with van der Waals surface area (Å²) in [5.74, 6) is 0.979. The van der Waals surface area contributed by atoms with Crippen LogP contribution in [0.15, 0.2) is 89.7 Å². The van der Waals surface area contributed by atoms with E-state index >= 15 is 4.39 Å². The maximum atomic E-state index is 15.2.